The smallest absolute Gasteiger partial charge is 0.379 e. The van der Waals surface area contributed by atoms with Crippen LogP contribution in [0.15, 0.2) is 77.9 Å². The minimum atomic E-state index is -4.54. The molecule has 0 bridgehead atoms. The van der Waals surface area contributed by atoms with E-state index in [0.29, 0.717) is 32.8 Å². The first-order chi connectivity index (χ1) is 21.1. The van der Waals surface area contributed by atoms with Gasteiger partial charge in [-0.05, 0) is 36.4 Å². The third kappa shape index (κ3) is 7.40. The summed E-state index contributed by atoms with van der Waals surface area (Å²) in [6.45, 7) is 2.30. The van der Waals surface area contributed by atoms with Gasteiger partial charge in [0.2, 0.25) is 0 Å². The molecule has 1 atom stereocenters. The third-order valence-electron chi connectivity index (χ3n) is 7.48. The third-order valence-corrected chi connectivity index (χ3v) is 7.48. The van der Waals surface area contributed by atoms with Crippen LogP contribution in [-0.2, 0) is 15.7 Å². The summed E-state index contributed by atoms with van der Waals surface area (Å²) < 4.78 is 74.0. The van der Waals surface area contributed by atoms with Crippen LogP contribution in [0.2, 0.25) is 0 Å². The van der Waals surface area contributed by atoms with Crippen LogP contribution < -0.4 is 5.32 Å². The number of halogens is 5. The largest absolute Gasteiger partial charge is 0.416 e. The Morgan fingerprint density at radius 1 is 0.932 bits per heavy atom. The van der Waals surface area contributed by atoms with Crippen LogP contribution in [0.4, 0.5) is 32.4 Å². The lowest BCUT2D eigenvalue weighted by atomic mass is 9.97. The van der Waals surface area contributed by atoms with E-state index in [-0.39, 0.29) is 35.5 Å². The number of benzene rings is 3. The molecule has 232 valence electrons. The molecule has 0 unspecified atom stereocenters. The van der Waals surface area contributed by atoms with Crippen LogP contribution in [0.1, 0.15) is 29.2 Å². The average molecular weight is 616 g/mol. The molecule has 0 spiro atoms. The van der Waals surface area contributed by atoms with Gasteiger partial charge in [0.1, 0.15) is 18.2 Å². The molecule has 1 saturated heterocycles. The number of hydrazone groups is 1. The van der Waals surface area contributed by atoms with Gasteiger partial charge in [0, 0.05) is 49.4 Å². The van der Waals surface area contributed by atoms with Gasteiger partial charge in [-0.1, -0.05) is 36.4 Å². The number of rotatable bonds is 8. The van der Waals surface area contributed by atoms with Crippen LogP contribution in [0.3, 0.4) is 0 Å². The number of amides is 3. The molecule has 2 aliphatic rings. The molecule has 1 fully saturated rings. The van der Waals surface area contributed by atoms with E-state index < -0.39 is 47.9 Å². The highest BCUT2D eigenvalue weighted by atomic mass is 19.4. The summed E-state index contributed by atoms with van der Waals surface area (Å²) in [7, 11) is 0. The van der Waals surface area contributed by atoms with Crippen molar-refractivity contribution in [3.8, 4) is 0 Å². The zero-order valence-corrected chi connectivity index (χ0v) is 23.6. The number of hydrogen-bond donors (Lipinski definition) is 1. The van der Waals surface area contributed by atoms with Gasteiger partial charge in [-0.3, -0.25) is 9.69 Å². The van der Waals surface area contributed by atoms with Gasteiger partial charge in [-0.25, -0.2) is 18.6 Å². The number of alkyl halides is 3. The van der Waals surface area contributed by atoms with Crippen LogP contribution in [0.5, 0.6) is 0 Å². The Labute approximate surface area is 250 Å². The number of ether oxygens (including phenoxy) is 1. The van der Waals surface area contributed by atoms with Crippen LogP contribution >= 0.6 is 0 Å². The van der Waals surface area contributed by atoms with E-state index >= 15 is 0 Å². The molecule has 13 heteroatoms. The van der Waals surface area contributed by atoms with E-state index in [4.69, 9.17) is 4.74 Å². The monoisotopic (exact) mass is 615 g/mol. The van der Waals surface area contributed by atoms with E-state index in [9.17, 15) is 31.5 Å². The summed E-state index contributed by atoms with van der Waals surface area (Å²) in [4.78, 5) is 30.5. The lowest BCUT2D eigenvalue weighted by molar-refractivity contribution is -0.137. The van der Waals surface area contributed by atoms with Gasteiger partial charge in [0.25, 0.3) is 5.91 Å². The molecule has 3 amide bonds. The summed E-state index contributed by atoms with van der Waals surface area (Å²) in [5.74, 6) is -1.76. The number of anilines is 1. The van der Waals surface area contributed by atoms with Crippen molar-refractivity contribution in [1.29, 1.82) is 0 Å². The molecule has 0 saturated carbocycles. The Bertz CT molecular complexity index is 1510. The molecule has 5 rings (SSSR count). The summed E-state index contributed by atoms with van der Waals surface area (Å²) in [6.07, 6.45) is -4.50. The molecule has 2 heterocycles. The van der Waals surface area contributed by atoms with Gasteiger partial charge >= 0.3 is 12.2 Å². The van der Waals surface area contributed by atoms with Crippen LogP contribution in [-0.4, -0.2) is 78.4 Å². The maximum Gasteiger partial charge on any atom is 0.416 e. The summed E-state index contributed by atoms with van der Waals surface area (Å²) in [5, 5.41) is 8.03. The molecular formula is C31H30F5N5O3. The van der Waals surface area contributed by atoms with Gasteiger partial charge < -0.3 is 15.0 Å². The number of hydrogen-bond acceptors (Lipinski definition) is 5. The van der Waals surface area contributed by atoms with E-state index in [0.717, 1.165) is 29.3 Å². The first-order valence-corrected chi connectivity index (χ1v) is 14.0. The molecule has 3 aromatic carbocycles. The van der Waals surface area contributed by atoms with Gasteiger partial charge in [0.15, 0.2) is 0 Å². The van der Waals surface area contributed by atoms with Crippen LogP contribution in [0.25, 0.3) is 0 Å². The molecule has 0 aliphatic carbocycles. The maximum absolute atomic E-state index is 14.9. The lowest BCUT2D eigenvalue weighted by Crippen LogP contribution is -2.47. The predicted octanol–water partition coefficient (Wildman–Crippen LogP) is 5.53. The summed E-state index contributed by atoms with van der Waals surface area (Å²) >= 11 is 0. The molecular weight excluding hydrogens is 585 g/mol. The van der Waals surface area contributed by atoms with Crippen molar-refractivity contribution in [2.45, 2.75) is 18.6 Å². The molecule has 8 nitrogen and oxygen atoms in total. The average Bonchev–Trinajstić information content (AvgIpc) is 3.45. The van der Waals surface area contributed by atoms with Gasteiger partial charge in [-0.15, -0.1) is 0 Å². The van der Waals surface area contributed by atoms with Crippen molar-refractivity contribution >= 4 is 23.3 Å². The van der Waals surface area contributed by atoms with Crippen molar-refractivity contribution in [3.63, 3.8) is 0 Å². The number of morpholine rings is 1. The number of nitrogens with one attached hydrogen (secondary N) is 1. The van der Waals surface area contributed by atoms with Crippen molar-refractivity contribution in [3.05, 3.63) is 101 Å². The second kappa shape index (κ2) is 13.5. The van der Waals surface area contributed by atoms with E-state index in [2.05, 4.69) is 15.3 Å². The SMILES string of the molecule is O=C(Nc1ccc(C(F)(F)F)cc1)N(CCN1CCOCC1)CC(=O)N1N=C(c2ccccc2F)C[C@@H]1c1ccccc1F. The van der Waals surface area contributed by atoms with Crippen molar-refractivity contribution < 1.29 is 36.3 Å². The highest BCUT2D eigenvalue weighted by Crippen LogP contribution is 2.35. The maximum atomic E-state index is 14.9. The second-order valence-electron chi connectivity index (χ2n) is 10.4. The van der Waals surface area contributed by atoms with E-state index in [1.54, 1.807) is 12.1 Å². The second-order valence-corrected chi connectivity index (χ2v) is 10.4. The minimum Gasteiger partial charge on any atom is -0.379 e. The fourth-order valence-electron chi connectivity index (χ4n) is 5.11. The number of carbonyl (C=O) groups excluding carboxylic acids is 2. The van der Waals surface area contributed by atoms with Crippen LogP contribution in [0, 0.1) is 11.6 Å². The Hall–Kier alpha value is -4.36. The van der Waals surface area contributed by atoms with Crippen molar-refractivity contribution in [2.75, 3.05) is 51.3 Å². The lowest BCUT2D eigenvalue weighted by Gasteiger charge is -2.31. The van der Waals surface area contributed by atoms with E-state index in [1.165, 1.54) is 41.3 Å². The van der Waals surface area contributed by atoms with E-state index in [1.807, 2.05) is 0 Å². The van der Waals surface area contributed by atoms with Crippen molar-refractivity contribution in [2.24, 2.45) is 5.10 Å². The zero-order chi connectivity index (χ0) is 31.3. The molecule has 44 heavy (non-hydrogen) atoms. The van der Waals surface area contributed by atoms with Crippen molar-refractivity contribution in [1.82, 2.24) is 14.8 Å². The highest BCUT2D eigenvalue weighted by Gasteiger charge is 2.36. The molecule has 1 N–H and O–H groups in total. The normalized spacial score (nSPS) is 17.3. The zero-order valence-electron chi connectivity index (χ0n) is 23.6. The Balaban J connectivity index is 1.39. The molecule has 3 aromatic rings. The Kier molecular flexibility index (Phi) is 9.55. The number of nitrogens with zero attached hydrogens (tertiary/aromatic N) is 4. The quantitative estimate of drug-likeness (QED) is 0.339. The Morgan fingerprint density at radius 2 is 1.59 bits per heavy atom. The fraction of sp³-hybridized carbons (Fsp3) is 0.323. The summed E-state index contributed by atoms with van der Waals surface area (Å²) in [5.41, 5.74) is -0.152. The van der Waals surface area contributed by atoms with Gasteiger partial charge in [-0.2, -0.15) is 18.3 Å². The topological polar surface area (TPSA) is 77.5 Å². The molecule has 0 radical (unpaired) electrons. The molecule has 2 aliphatic heterocycles. The standard InChI is InChI=1S/C31H30F5N5O3/c32-25-7-3-1-5-23(25)27-19-28(24-6-2-4-8-26(24)33)41(38-27)29(42)20-40(14-13-39-15-17-44-18-16-39)30(43)37-22-11-9-21(10-12-22)31(34,35)36/h1-12,28H,13-20H2,(H,37,43)/t28-/m1/s1. The highest BCUT2D eigenvalue weighted by molar-refractivity contribution is 6.03. The first kappa shape index (κ1) is 31.1. The summed E-state index contributed by atoms with van der Waals surface area (Å²) in [6, 6.07) is 14.2. The van der Waals surface area contributed by atoms with Gasteiger partial charge in [0.05, 0.1) is 30.5 Å². The molecule has 0 aromatic heterocycles. The fourth-order valence-corrected chi connectivity index (χ4v) is 5.11. The first-order valence-electron chi connectivity index (χ1n) is 14.0. The minimum absolute atomic E-state index is 0.0408. The Morgan fingerprint density at radius 3 is 2.25 bits per heavy atom. The predicted molar refractivity (Wildman–Crippen MR) is 153 cm³/mol. The number of urea groups is 1. The number of carbonyl (C=O) groups is 2.